The topological polar surface area (TPSA) is 89.5 Å². The summed E-state index contributed by atoms with van der Waals surface area (Å²) in [5.41, 5.74) is 4.65. The zero-order valence-electron chi connectivity index (χ0n) is 29.1. The molecule has 0 saturated carbocycles. The maximum atomic E-state index is 13.0. The normalized spacial score (nSPS) is 15.6. The number of rotatable bonds is 16. The van der Waals surface area contributed by atoms with E-state index in [-0.39, 0.29) is 22.6 Å². The molecule has 0 radical (unpaired) electrons. The van der Waals surface area contributed by atoms with Crippen LogP contribution in [0.3, 0.4) is 0 Å². The molecular weight excluding hydrogens is 677 g/mol. The van der Waals surface area contributed by atoms with Crippen LogP contribution in [0.1, 0.15) is 83.7 Å². The Hall–Kier alpha value is -4.87. The largest absolute Gasteiger partial charge is 0.573 e. The van der Waals surface area contributed by atoms with Crippen molar-refractivity contribution in [3.8, 4) is 34.1 Å². The third kappa shape index (κ3) is 9.13. The third-order valence-corrected chi connectivity index (χ3v) is 9.53. The van der Waals surface area contributed by atoms with E-state index < -0.39 is 24.1 Å². The second-order valence-corrected chi connectivity index (χ2v) is 13.3. The van der Waals surface area contributed by atoms with Crippen LogP contribution in [0.2, 0.25) is 0 Å². The molecule has 1 aliphatic carbocycles. The van der Waals surface area contributed by atoms with Gasteiger partial charge in [-0.05, 0) is 121 Å². The van der Waals surface area contributed by atoms with Gasteiger partial charge in [-0.2, -0.15) is 0 Å². The highest BCUT2D eigenvalue weighted by molar-refractivity contribution is 5.94. The van der Waals surface area contributed by atoms with Crippen molar-refractivity contribution in [2.24, 2.45) is 5.41 Å². The number of benzene rings is 4. The van der Waals surface area contributed by atoms with Crippen LogP contribution in [0, 0.1) is 5.41 Å². The number of carbonyl (C=O) groups excluding carboxylic acids is 2. The first-order chi connectivity index (χ1) is 25.0. The molecule has 6 rings (SSSR count). The minimum atomic E-state index is -4.82. The minimum absolute atomic E-state index is 0.0775. The van der Waals surface area contributed by atoms with Crippen LogP contribution < -0.4 is 18.9 Å². The van der Waals surface area contributed by atoms with Gasteiger partial charge in [-0.25, -0.2) is 9.59 Å². The highest BCUT2D eigenvalue weighted by atomic mass is 19.4. The number of hydrogen-bond donors (Lipinski definition) is 0. The molecule has 11 heteroatoms. The number of alkyl halides is 3. The number of fused-ring (bicyclic) bond motifs is 3. The molecule has 1 atom stereocenters. The monoisotopic (exact) mass is 718 g/mol. The van der Waals surface area contributed by atoms with Crippen LogP contribution in [-0.4, -0.2) is 51.3 Å². The molecule has 2 aliphatic rings. The summed E-state index contributed by atoms with van der Waals surface area (Å²) in [6.07, 6.45) is 0.372. The van der Waals surface area contributed by atoms with Gasteiger partial charge in [0.2, 0.25) is 0 Å². The molecule has 1 saturated heterocycles. The Labute approximate surface area is 300 Å². The van der Waals surface area contributed by atoms with Gasteiger partial charge in [0.1, 0.15) is 23.0 Å². The molecule has 52 heavy (non-hydrogen) atoms. The SMILES string of the molecule is CCC1(COCCCCCCOc2ccc(C(=O)Oc3ccc4c(c3)C(C)c3cc(C(=O)Oc5ccc(OC(F)(F)F)cc5)ccc3-4)cc2)COC1. The average molecular weight is 719 g/mol. The summed E-state index contributed by atoms with van der Waals surface area (Å²) in [5.74, 6) is -0.510. The van der Waals surface area contributed by atoms with Gasteiger partial charge in [0.15, 0.2) is 0 Å². The lowest BCUT2D eigenvalue weighted by Crippen LogP contribution is -2.45. The fourth-order valence-corrected chi connectivity index (χ4v) is 6.32. The molecule has 4 aromatic rings. The van der Waals surface area contributed by atoms with Gasteiger partial charge < -0.3 is 28.4 Å². The van der Waals surface area contributed by atoms with Crippen LogP contribution in [0.15, 0.2) is 84.9 Å². The first kappa shape index (κ1) is 36.9. The van der Waals surface area contributed by atoms with Crippen molar-refractivity contribution < 1.29 is 51.2 Å². The third-order valence-electron chi connectivity index (χ3n) is 9.53. The Morgan fingerprint density at radius 2 is 1.27 bits per heavy atom. The number of ether oxygens (including phenoxy) is 6. The Kier molecular flexibility index (Phi) is 11.5. The molecular formula is C41H41F3O8. The van der Waals surface area contributed by atoms with Crippen molar-refractivity contribution in [3.05, 3.63) is 107 Å². The molecule has 0 N–H and O–H groups in total. The fraction of sp³-hybridized carbons (Fsp3) is 0.366. The van der Waals surface area contributed by atoms with E-state index in [0.717, 1.165) is 92.9 Å². The fourth-order valence-electron chi connectivity index (χ4n) is 6.32. The molecule has 1 heterocycles. The number of hydrogen-bond acceptors (Lipinski definition) is 8. The summed E-state index contributed by atoms with van der Waals surface area (Å²) in [7, 11) is 0. The van der Waals surface area contributed by atoms with E-state index >= 15 is 0 Å². The summed E-state index contributed by atoms with van der Waals surface area (Å²) in [4.78, 5) is 25.9. The van der Waals surface area contributed by atoms with Crippen LogP contribution in [0.4, 0.5) is 13.2 Å². The lowest BCUT2D eigenvalue weighted by molar-refractivity contribution is -0.274. The van der Waals surface area contributed by atoms with E-state index in [2.05, 4.69) is 11.7 Å². The predicted octanol–water partition coefficient (Wildman–Crippen LogP) is 9.54. The molecule has 0 aromatic heterocycles. The second kappa shape index (κ2) is 16.2. The lowest BCUT2D eigenvalue weighted by Gasteiger charge is -2.40. The molecule has 274 valence electrons. The van der Waals surface area contributed by atoms with Gasteiger partial charge in [0.05, 0.1) is 37.6 Å². The van der Waals surface area contributed by atoms with Crippen LogP contribution >= 0.6 is 0 Å². The van der Waals surface area contributed by atoms with Crippen molar-refractivity contribution >= 4 is 11.9 Å². The average Bonchev–Trinajstić information content (AvgIpc) is 3.39. The van der Waals surface area contributed by atoms with Crippen molar-refractivity contribution in [3.63, 3.8) is 0 Å². The Morgan fingerprint density at radius 1 is 0.712 bits per heavy atom. The number of carbonyl (C=O) groups is 2. The molecule has 1 unspecified atom stereocenters. The van der Waals surface area contributed by atoms with Crippen molar-refractivity contribution in [2.75, 3.05) is 33.0 Å². The van der Waals surface area contributed by atoms with Gasteiger partial charge in [0, 0.05) is 17.9 Å². The Morgan fingerprint density at radius 3 is 1.92 bits per heavy atom. The summed E-state index contributed by atoms with van der Waals surface area (Å²) in [6.45, 7) is 7.94. The zero-order chi connectivity index (χ0) is 36.7. The number of esters is 2. The van der Waals surface area contributed by atoms with Gasteiger partial charge >= 0.3 is 18.3 Å². The first-order valence-corrected chi connectivity index (χ1v) is 17.5. The van der Waals surface area contributed by atoms with Gasteiger partial charge in [0.25, 0.3) is 0 Å². The van der Waals surface area contributed by atoms with Crippen LogP contribution in [-0.2, 0) is 9.47 Å². The minimum Gasteiger partial charge on any atom is -0.494 e. The van der Waals surface area contributed by atoms with Gasteiger partial charge in [-0.3, -0.25) is 0 Å². The standard InChI is InChI=1S/C41H41F3O8/c1-3-40(25-48-26-40)24-47-20-6-4-5-7-21-49-30-11-8-28(9-12-30)38(45)51-33-17-19-35-34-18-10-29(22-36(34)27(2)37(35)23-33)39(46)50-31-13-15-32(16-14-31)52-41(42,43)44/h8-19,22-23,27H,3-7,20-21,24-26H2,1-2H3. The van der Waals surface area contributed by atoms with Crippen LogP contribution in [0.25, 0.3) is 11.1 Å². The molecule has 1 aliphatic heterocycles. The maximum absolute atomic E-state index is 13.0. The second-order valence-electron chi connectivity index (χ2n) is 13.3. The van der Waals surface area contributed by atoms with Crippen molar-refractivity contribution in [1.29, 1.82) is 0 Å². The number of unbranched alkanes of at least 4 members (excludes halogenated alkanes) is 3. The predicted molar refractivity (Wildman–Crippen MR) is 187 cm³/mol. The highest BCUT2D eigenvalue weighted by Gasteiger charge is 2.37. The van der Waals surface area contributed by atoms with Crippen LogP contribution in [0.5, 0.6) is 23.0 Å². The van der Waals surface area contributed by atoms with Crippen molar-refractivity contribution in [1.82, 2.24) is 0 Å². The van der Waals surface area contributed by atoms with Gasteiger partial charge in [-0.1, -0.05) is 32.4 Å². The maximum Gasteiger partial charge on any atom is 0.573 e. The summed E-state index contributed by atoms with van der Waals surface area (Å²) in [6, 6.07) is 22.1. The smallest absolute Gasteiger partial charge is 0.494 e. The first-order valence-electron chi connectivity index (χ1n) is 17.5. The molecule has 8 nitrogen and oxygen atoms in total. The quantitative estimate of drug-likeness (QED) is 0.0643. The molecule has 0 amide bonds. The zero-order valence-corrected chi connectivity index (χ0v) is 29.1. The summed E-state index contributed by atoms with van der Waals surface area (Å²) >= 11 is 0. The van der Waals surface area contributed by atoms with E-state index in [0.29, 0.717) is 23.7 Å². The molecule has 1 fully saturated rings. The van der Waals surface area contributed by atoms with Gasteiger partial charge in [-0.15, -0.1) is 13.2 Å². The van der Waals surface area contributed by atoms with E-state index in [9.17, 15) is 22.8 Å². The van der Waals surface area contributed by atoms with E-state index in [1.807, 2.05) is 25.1 Å². The van der Waals surface area contributed by atoms with E-state index in [4.69, 9.17) is 23.7 Å². The lowest BCUT2D eigenvalue weighted by atomic mass is 9.84. The Bertz CT molecular complexity index is 1840. The van der Waals surface area contributed by atoms with Crippen molar-refractivity contribution in [2.45, 2.75) is 58.2 Å². The molecule has 0 bridgehead atoms. The van der Waals surface area contributed by atoms with E-state index in [1.165, 1.54) is 12.1 Å². The summed E-state index contributed by atoms with van der Waals surface area (Å²) < 4.78 is 69.4. The Balaban J connectivity index is 0.952. The number of halogens is 3. The molecule has 4 aromatic carbocycles. The molecule has 0 spiro atoms. The summed E-state index contributed by atoms with van der Waals surface area (Å²) in [5, 5.41) is 0. The van der Waals surface area contributed by atoms with E-state index in [1.54, 1.807) is 42.5 Å². The highest BCUT2D eigenvalue weighted by Crippen LogP contribution is 2.46.